The molecule has 1 unspecified atom stereocenters. The molecular formula is C18H20N4O2. The van der Waals surface area contributed by atoms with Crippen LogP contribution in [0.3, 0.4) is 0 Å². The zero-order valence-corrected chi connectivity index (χ0v) is 13.3. The van der Waals surface area contributed by atoms with E-state index in [4.69, 9.17) is 10.3 Å². The van der Waals surface area contributed by atoms with Gasteiger partial charge in [0.15, 0.2) is 0 Å². The van der Waals surface area contributed by atoms with E-state index in [0.29, 0.717) is 13.1 Å². The minimum Gasteiger partial charge on any atom is -0.445 e. The highest BCUT2D eigenvalue weighted by Gasteiger charge is 2.11. The Balaban J connectivity index is 1.80. The van der Waals surface area contributed by atoms with Gasteiger partial charge in [-0.25, -0.2) is 4.79 Å². The number of carbonyl (C=O) groups is 1. The van der Waals surface area contributed by atoms with Crippen LogP contribution in [0.4, 0.5) is 4.79 Å². The maximum absolute atomic E-state index is 11.8. The SMILES string of the molecule is [N-]=[N+]=NCC(CNC(=O)OCc1ccccc1)Cc1ccccc1. The first-order valence-corrected chi connectivity index (χ1v) is 7.77. The predicted molar refractivity (Wildman–Crippen MR) is 92.3 cm³/mol. The zero-order valence-electron chi connectivity index (χ0n) is 13.3. The monoisotopic (exact) mass is 324 g/mol. The van der Waals surface area contributed by atoms with Crippen LogP contribution in [0.1, 0.15) is 11.1 Å². The molecule has 2 rings (SSSR count). The molecule has 0 bridgehead atoms. The second-order valence-electron chi connectivity index (χ2n) is 5.41. The third kappa shape index (κ3) is 6.42. The molecule has 0 fully saturated rings. The molecule has 0 aliphatic heterocycles. The molecule has 124 valence electrons. The highest BCUT2D eigenvalue weighted by Crippen LogP contribution is 2.09. The summed E-state index contributed by atoms with van der Waals surface area (Å²) in [5, 5.41) is 6.37. The fourth-order valence-electron chi connectivity index (χ4n) is 2.30. The van der Waals surface area contributed by atoms with E-state index in [9.17, 15) is 4.79 Å². The second-order valence-corrected chi connectivity index (χ2v) is 5.41. The average molecular weight is 324 g/mol. The van der Waals surface area contributed by atoms with Crippen LogP contribution in [-0.4, -0.2) is 19.2 Å². The number of alkyl carbamates (subject to hydrolysis) is 1. The van der Waals surface area contributed by atoms with Crippen LogP contribution in [0.25, 0.3) is 10.4 Å². The van der Waals surface area contributed by atoms with Crippen molar-refractivity contribution in [3.8, 4) is 0 Å². The van der Waals surface area contributed by atoms with Crippen LogP contribution in [0.2, 0.25) is 0 Å². The Kier molecular flexibility index (Phi) is 7.18. The summed E-state index contributed by atoms with van der Waals surface area (Å²) in [6.07, 6.45) is 0.247. The Morgan fingerprint density at radius 3 is 2.33 bits per heavy atom. The van der Waals surface area contributed by atoms with Gasteiger partial charge >= 0.3 is 6.09 Å². The zero-order chi connectivity index (χ0) is 17.0. The Bertz CT molecular complexity index is 670. The molecular weight excluding hydrogens is 304 g/mol. The number of hydrogen-bond donors (Lipinski definition) is 1. The summed E-state index contributed by atoms with van der Waals surface area (Å²) in [6, 6.07) is 19.4. The van der Waals surface area contributed by atoms with Gasteiger partial charge in [-0.2, -0.15) is 0 Å². The fraction of sp³-hybridized carbons (Fsp3) is 0.278. The van der Waals surface area contributed by atoms with Gasteiger partial charge in [0.05, 0.1) is 0 Å². The minimum absolute atomic E-state index is 0.0209. The van der Waals surface area contributed by atoms with Crippen molar-refractivity contribution >= 4 is 6.09 Å². The van der Waals surface area contributed by atoms with Crippen molar-refractivity contribution in [2.24, 2.45) is 11.0 Å². The summed E-state index contributed by atoms with van der Waals surface area (Å²) in [6.45, 7) is 0.943. The molecule has 0 heterocycles. The van der Waals surface area contributed by atoms with Gasteiger partial charge in [0.1, 0.15) is 6.61 Å². The normalized spacial score (nSPS) is 11.2. The van der Waals surface area contributed by atoms with Crippen LogP contribution < -0.4 is 5.32 Å². The minimum atomic E-state index is -0.474. The van der Waals surface area contributed by atoms with Crippen LogP contribution in [0, 0.1) is 5.92 Å². The average Bonchev–Trinajstić information content (AvgIpc) is 2.64. The van der Waals surface area contributed by atoms with Crippen molar-refractivity contribution in [1.82, 2.24) is 5.32 Å². The van der Waals surface area contributed by atoms with Crippen molar-refractivity contribution in [3.05, 3.63) is 82.2 Å². The third-order valence-corrected chi connectivity index (χ3v) is 3.52. The Morgan fingerprint density at radius 2 is 1.71 bits per heavy atom. The Labute approximate surface area is 141 Å². The third-order valence-electron chi connectivity index (χ3n) is 3.52. The highest BCUT2D eigenvalue weighted by atomic mass is 16.5. The molecule has 6 heteroatoms. The van der Waals surface area contributed by atoms with Crippen molar-refractivity contribution < 1.29 is 9.53 Å². The maximum atomic E-state index is 11.8. The van der Waals surface area contributed by atoms with Gasteiger partial charge in [-0.05, 0) is 29.0 Å². The fourth-order valence-corrected chi connectivity index (χ4v) is 2.30. The smallest absolute Gasteiger partial charge is 0.407 e. The number of amides is 1. The number of ether oxygens (including phenoxy) is 1. The van der Waals surface area contributed by atoms with Gasteiger partial charge in [-0.15, -0.1) is 0 Å². The van der Waals surface area contributed by atoms with Crippen LogP contribution in [0.5, 0.6) is 0 Å². The van der Waals surface area contributed by atoms with E-state index in [1.165, 1.54) is 0 Å². The number of azide groups is 1. The molecule has 1 N–H and O–H groups in total. The first-order chi connectivity index (χ1) is 11.8. The van der Waals surface area contributed by atoms with E-state index >= 15 is 0 Å². The second kappa shape index (κ2) is 9.92. The topological polar surface area (TPSA) is 87.1 Å². The molecule has 0 radical (unpaired) electrons. The number of benzene rings is 2. The van der Waals surface area contributed by atoms with Crippen LogP contribution in [-0.2, 0) is 17.8 Å². The van der Waals surface area contributed by atoms with Gasteiger partial charge in [0.25, 0.3) is 0 Å². The lowest BCUT2D eigenvalue weighted by Crippen LogP contribution is -2.31. The van der Waals surface area contributed by atoms with Gasteiger partial charge in [0, 0.05) is 18.0 Å². The molecule has 1 atom stereocenters. The Morgan fingerprint density at radius 1 is 1.08 bits per heavy atom. The number of hydrogen-bond acceptors (Lipinski definition) is 3. The number of nitrogens with zero attached hydrogens (tertiary/aromatic N) is 3. The molecule has 0 aliphatic rings. The summed E-state index contributed by atoms with van der Waals surface area (Å²) in [5.74, 6) is 0.0209. The first kappa shape index (κ1) is 17.4. The summed E-state index contributed by atoms with van der Waals surface area (Å²) in [7, 11) is 0. The molecule has 6 nitrogen and oxygen atoms in total. The molecule has 0 aromatic heterocycles. The van der Waals surface area contributed by atoms with E-state index < -0.39 is 6.09 Å². The molecule has 0 saturated carbocycles. The maximum Gasteiger partial charge on any atom is 0.407 e. The van der Waals surface area contributed by atoms with Crippen LogP contribution >= 0.6 is 0 Å². The highest BCUT2D eigenvalue weighted by molar-refractivity contribution is 5.67. The molecule has 24 heavy (non-hydrogen) atoms. The molecule has 1 amide bonds. The van der Waals surface area contributed by atoms with E-state index in [1.54, 1.807) is 0 Å². The first-order valence-electron chi connectivity index (χ1n) is 7.77. The summed E-state index contributed by atoms with van der Waals surface area (Å²) >= 11 is 0. The quantitative estimate of drug-likeness (QED) is 0.450. The van der Waals surface area contributed by atoms with Gasteiger partial charge < -0.3 is 10.1 Å². The molecule has 0 saturated heterocycles. The van der Waals surface area contributed by atoms with Crippen molar-refractivity contribution in [1.29, 1.82) is 0 Å². The van der Waals surface area contributed by atoms with Gasteiger partial charge in [-0.1, -0.05) is 65.8 Å². The molecule has 0 aliphatic carbocycles. The van der Waals surface area contributed by atoms with E-state index in [1.807, 2.05) is 60.7 Å². The van der Waals surface area contributed by atoms with Crippen molar-refractivity contribution in [2.75, 3.05) is 13.1 Å². The summed E-state index contributed by atoms with van der Waals surface area (Å²) < 4.78 is 5.18. The van der Waals surface area contributed by atoms with Gasteiger partial charge in [-0.3, -0.25) is 0 Å². The lowest BCUT2D eigenvalue weighted by molar-refractivity contribution is 0.138. The number of nitrogens with one attached hydrogen (secondary N) is 1. The lowest BCUT2D eigenvalue weighted by Gasteiger charge is -2.15. The predicted octanol–water partition coefficient (Wildman–Crippen LogP) is 4.08. The van der Waals surface area contributed by atoms with E-state index in [0.717, 1.165) is 17.5 Å². The number of rotatable bonds is 8. The molecule has 0 spiro atoms. The number of carbonyl (C=O) groups excluding carboxylic acids is 1. The summed E-state index contributed by atoms with van der Waals surface area (Å²) in [4.78, 5) is 14.6. The van der Waals surface area contributed by atoms with Crippen molar-refractivity contribution in [3.63, 3.8) is 0 Å². The van der Waals surface area contributed by atoms with Gasteiger partial charge in [0.2, 0.25) is 0 Å². The van der Waals surface area contributed by atoms with E-state index in [2.05, 4.69) is 15.3 Å². The lowest BCUT2D eigenvalue weighted by atomic mass is 9.99. The Hall–Kier alpha value is -2.98. The molecule has 2 aromatic rings. The summed E-state index contributed by atoms with van der Waals surface area (Å²) in [5.41, 5.74) is 10.6. The molecule has 2 aromatic carbocycles. The van der Waals surface area contributed by atoms with Crippen molar-refractivity contribution in [2.45, 2.75) is 13.0 Å². The van der Waals surface area contributed by atoms with E-state index in [-0.39, 0.29) is 12.5 Å². The standard InChI is InChI=1S/C18H20N4O2/c19-22-21-13-17(11-15-7-3-1-4-8-15)12-20-18(23)24-14-16-9-5-2-6-10-16/h1-10,17H,11-14H2,(H,20,23). The van der Waals surface area contributed by atoms with Crippen LogP contribution in [0.15, 0.2) is 65.8 Å². The largest absolute Gasteiger partial charge is 0.445 e.